The Labute approximate surface area is 157 Å². The molecule has 0 saturated heterocycles. The molecule has 1 aromatic rings. The fraction of sp³-hybridized carbons (Fsp3) is 0.400. The lowest BCUT2D eigenvalue weighted by Crippen LogP contribution is -2.52. The Hall–Kier alpha value is -2.97. The van der Waals surface area contributed by atoms with E-state index >= 15 is 0 Å². The Balaban J connectivity index is 0.000000540. The molecule has 0 saturated carbocycles. The quantitative estimate of drug-likeness (QED) is 0.207. The molecular formula is C15H21NO12. The van der Waals surface area contributed by atoms with Gasteiger partial charge in [-0.15, -0.1) is 0 Å². The zero-order valence-corrected chi connectivity index (χ0v) is 14.4. The van der Waals surface area contributed by atoms with Gasteiger partial charge in [0.1, 0.15) is 18.3 Å². The average molecular weight is 407 g/mol. The standard InChI is InChI=1S/C8H15NO7.C7H6O5/c1-3(11)9-8(16)7(15)6(14)5(13)4(12)2-10;8-4-1-3(7(11)12)2-5(9)6(4)10/h4-7,10,12-15H,2H2,1H3,(H,9,11,16);1-2,8-10H,(H,11,12). The van der Waals surface area contributed by atoms with Gasteiger partial charge in [-0.25, -0.2) is 4.79 Å². The molecule has 28 heavy (non-hydrogen) atoms. The Morgan fingerprint density at radius 3 is 1.79 bits per heavy atom. The van der Waals surface area contributed by atoms with E-state index in [1.807, 2.05) is 0 Å². The normalized spacial score (nSPS) is 14.6. The highest BCUT2D eigenvalue weighted by Crippen LogP contribution is 2.35. The number of benzene rings is 1. The fourth-order valence-corrected chi connectivity index (χ4v) is 1.65. The predicted molar refractivity (Wildman–Crippen MR) is 88.3 cm³/mol. The minimum absolute atomic E-state index is 0.289. The number of carboxylic acid groups (broad SMARTS) is 1. The van der Waals surface area contributed by atoms with Gasteiger partial charge < -0.3 is 46.0 Å². The lowest BCUT2D eigenvalue weighted by molar-refractivity contribution is -0.150. The number of nitrogens with one attached hydrogen (secondary N) is 1. The number of phenolic OH excluding ortho intramolecular Hbond substituents is 3. The van der Waals surface area contributed by atoms with E-state index in [4.69, 9.17) is 35.7 Å². The molecule has 1 rings (SSSR count). The summed E-state index contributed by atoms with van der Waals surface area (Å²) in [5, 5.41) is 81.6. The Kier molecular flexibility index (Phi) is 9.84. The highest BCUT2D eigenvalue weighted by molar-refractivity contribution is 5.96. The summed E-state index contributed by atoms with van der Waals surface area (Å²) in [4.78, 5) is 31.8. The van der Waals surface area contributed by atoms with E-state index < -0.39 is 66.1 Å². The van der Waals surface area contributed by atoms with Gasteiger partial charge in [0.05, 0.1) is 12.2 Å². The lowest BCUT2D eigenvalue weighted by Gasteiger charge is -2.24. The number of amides is 2. The molecule has 0 aliphatic rings. The van der Waals surface area contributed by atoms with Crippen LogP contribution < -0.4 is 5.32 Å². The second-order valence-electron chi connectivity index (χ2n) is 5.39. The van der Waals surface area contributed by atoms with Crippen LogP contribution in [0.25, 0.3) is 0 Å². The highest BCUT2D eigenvalue weighted by atomic mass is 16.4. The molecule has 10 N–H and O–H groups in total. The maximum atomic E-state index is 11.0. The highest BCUT2D eigenvalue weighted by Gasteiger charge is 2.34. The second-order valence-corrected chi connectivity index (χ2v) is 5.39. The Morgan fingerprint density at radius 2 is 1.43 bits per heavy atom. The third kappa shape index (κ3) is 7.34. The number of aromatic hydroxyl groups is 3. The number of aliphatic hydroxyl groups excluding tert-OH is 5. The van der Waals surface area contributed by atoms with Gasteiger partial charge in [-0.1, -0.05) is 0 Å². The summed E-state index contributed by atoms with van der Waals surface area (Å²) in [5.74, 6) is -5.28. The SMILES string of the molecule is CC(=O)NC(=O)C(O)C(O)C(O)C(O)CO.O=C(O)c1cc(O)c(O)c(O)c1. The molecule has 158 valence electrons. The summed E-state index contributed by atoms with van der Waals surface area (Å²) in [5.41, 5.74) is -0.289. The summed E-state index contributed by atoms with van der Waals surface area (Å²) in [6.45, 7) is 0.176. The number of aliphatic hydroxyl groups is 5. The van der Waals surface area contributed by atoms with E-state index in [2.05, 4.69) is 0 Å². The van der Waals surface area contributed by atoms with Gasteiger partial charge in [0.15, 0.2) is 23.4 Å². The third-order valence-corrected chi connectivity index (χ3v) is 3.14. The van der Waals surface area contributed by atoms with Crippen LogP contribution in [0.4, 0.5) is 0 Å². The number of carboxylic acids is 1. The lowest BCUT2D eigenvalue weighted by atomic mass is 10.0. The van der Waals surface area contributed by atoms with Crippen LogP contribution in [0.2, 0.25) is 0 Å². The smallest absolute Gasteiger partial charge is 0.335 e. The number of rotatable bonds is 6. The van der Waals surface area contributed by atoms with E-state index in [0.717, 1.165) is 19.1 Å². The van der Waals surface area contributed by atoms with Crippen molar-refractivity contribution in [2.24, 2.45) is 0 Å². The molecule has 13 heteroatoms. The first-order valence-corrected chi connectivity index (χ1v) is 7.46. The van der Waals surface area contributed by atoms with Crippen molar-refractivity contribution in [3.05, 3.63) is 17.7 Å². The first kappa shape index (κ1) is 25.0. The molecule has 4 unspecified atom stereocenters. The molecule has 13 nitrogen and oxygen atoms in total. The molecule has 2 amide bonds. The van der Waals surface area contributed by atoms with E-state index in [1.165, 1.54) is 0 Å². The van der Waals surface area contributed by atoms with Crippen LogP contribution in [0.1, 0.15) is 17.3 Å². The molecular weight excluding hydrogens is 386 g/mol. The minimum atomic E-state index is -2.08. The van der Waals surface area contributed by atoms with Crippen LogP contribution in [-0.4, -0.2) is 94.8 Å². The summed E-state index contributed by atoms with van der Waals surface area (Å²) in [6.07, 6.45) is -7.70. The van der Waals surface area contributed by atoms with E-state index in [9.17, 15) is 24.6 Å². The number of phenols is 3. The number of hydrogen-bond donors (Lipinski definition) is 10. The molecule has 0 aromatic heterocycles. The van der Waals surface area contributed by atoms with Gasteiger partial charge in [-0.2, -0.15) is 0 Å². The maximum absolute atomic E-state index is 11.0. The topological polar surface area (TPSA) is 245 Å². The predicted octanol–water partition coefficient (Wildman–Crippen LogP) is -3.41. The van der Waals surface area contributed by atoms with Crippen molar-refractivity contribution in [2.45, 2.75) is 31.3 Å². The van der Waals surface area contributed by atoms with Crippen molar-refractivity contribution in [1.82, 2.24) is 5.32 Å². The van der Waals surface area contributed by atoms with Gasteiger partial charge in [0, 0.05) is 6.92 Å². The van der Waals surface area contributed by atoms with Gasteiger partial charge >= 0.3 is 5.97 Å². The van der Waals surface area contributed by atoms with E-state index in [-0.39, 0.29) is 5.56 Å². The summed E-state index contributed by atoms with van der Waals surface area (Å²) < 4.78 is 0. The monoisotopic (exact) mass is 407 g/mol. The molecule has 0 aliphatic heterocycles. The third-order valence-electron chi connectivity index (χ3n) is 3.14. The van der Waals surface area contributed by atoms with Crippen molar-refractivity contribution in [3.63, 3.8) is 0 Å². The number of hydrogen-bond acceptors (Lipinski definition) is 11. The van der Waals surface area contributed by atoms with Crippen LogP contribution in [0.3, 0.4) is 0 Å². The molecule has 0 fully saturated rings. The van der Waals surface area contributed by atoms with Crippen molar-refractivity contribution >= 4 is 17.8 Å². The molecule has 0 bridgehead atoms. The van der Waals surface area contributed by atoms with E-state index in [0.29, 0.717) is 0 Å². The fourth-order valence-electron chi connectivity index (χ4n) is 1.65. The molecule has 0 radical (unpaired) electrons. The summed E-state index contributed by atoms with van der Waals surface area (Å²) >= 11 is 0. The second kappa shape index (κ2) is 11.0. The first-order chi connectivity index (χ1) is 12.8. The summed E-state index contributed by atoms with van der Waals surface area (Å²) in [7, 11) is 0. The van der Waals surface area contributed by atoms with Crippen molar-refractivity contribution in [3.8, 4) is 17.2 Å². The number of aromatic carboxylic acids is 1. The molecule has 1 aromatic carbocycles. The zero-order valence-electron chi connectivity index (χ0n) is 14.4. The first-order valence-electron chi connectivity index (χ1n) is 7.46. The largest absolute Gasteiger partial charge is 0.504 e. The molecule has 0 aliphatic carbocycles. The average Bonchev–Trinajstić information content (AvgIpc) is 2.62. The molecule has 0 heterocycles. The van der Waals surface area contributed by atoms with Gasteiger partial charge in [0.25, 0.3) is 5.91 Å². The van der Waals surface area contributed by atoms with E-state index in [1.54, 1.807) is 5.32 Å². The maximum Gasteiger partial charge on any atom is 0.335 e. The minimum Gasteiger partial charge on any atom is -0.504 e. The Morgan fingerprint density at radius 1 is 0.964 bits per heavy atom. The summed E-state index contributed by atoms with van der Waals surface area (Å²) in [6, 6.07) is 1.69. The Bertz CT molecular complexity index is 683. The number of carbonyl (C=O) groups excluding carboxylic acids is 2. The number of imide groups is 1. The van der Waals surface area contributed by atoms with Gasteiger partial charge in [-0.05, 0) is 12.1 Å². The van der Waals surface area contributed by atoms with Crippen LogP contribution >= 0.6 is 0 Å². The van der Waals surface area contributed by atoms with Crippen molar-refractivity contribution in [1.29, 1.82) is 0 Å². The molecule has 4 atom stereocenters. The number of carbonyl (C=O) groups is 3. The van der Waals surface area contributed by atoms with Crippen LogP contribution in [0.5, 0.6) is 17.2 Å². The van der Waals surface area contributed by atoms with Crippen LogP contribution in [0.15, 0.2) is 12.1 Å². The molecule has 0 spiro atoms. The van der Waals surface area contributed by atoms with Crippen molar-refractivity contribution < 1.29 is 60.3 Å². The van der Waals surface area contributed by atoms with Crippen molar-refractivity contribution in [2.75, 3.05) is 6.61 Å². The zero-order chi connectivity index (χ0) is 22.2. The van der Waals surface area contributed by atoms with Gasteiger partial charge in [-0.3, -0.25) is 14.9 Å². The van der Waals surface area contributed by atoms with Crippen LogP contribution in [0, 0.1) is 0 Å². The van der Waals surface area contributed by atoms with Crippen LogP contribution in [-0.2, 0) is 9.59 Å². The van der Waals surface area contributed by atoms with Gasteiger partial charge in [0.2, 0.25) is 5.91 Å².